The molecule has 0 aliphatic carbocycles. The molecule has 0 radical (unpaired) electrons. The monoisotopic (exact) mass is 343 g/mol. The molecule has 4 rings (SSSR count). The molecule has 6 heteroatoms. The molecular weight excluding hydrogens is 318 g/mol. The van der Waals surface area contributed by atoms with Crippen molar-refractivity contribution in [3.63, 3.8) is 0 Å². The molecule has 2 unspecified atom stereocenters. The lowest BCUT2D eigenvalue weighted by molar-refractivity contribution is -0.143. The first-order valence-electron chi connectivity index (χ1n) is 9.11. The summed E-state index contributed by atoms with van der Waals surface area (Å²) in [6.45, 7) is 6.40. The van der Waals surface area contributed by atoms with Gasteiger partial charge in [0.05, 0.1) is 18.3 Å². The first-order chi connectivity index (χ1) is 12.1. The molecule has 0 spiro atoms. The van der Waals surface area contributed by atoms with E-state index in [9.17, 15) is 4.79 Å². The van der Waals surface area contributed by atoms with Crippen molar-refractivity contribution < 1.29 is 14.3 Å². The van der Waals surface area contributed by atoms with E-state index in [1.165, 1.54) is 0 Å². The highest BCUT2D eigenvalue weighted by molar-refractivity contribution is 5.82. The molecule has 25 heavy (non-hydrogen) atoms. The molecule has 0 bridgehead atoms. The number of rotatable bonds is 3. The number of ether oxygens (including phenoxy) is 2. The van der Waals surface area contributed by atoms with Crippen molar-refractivity contribution in [1.29, 1.82) is 0 Å². The fourth-order valence-electron chi connectivity index (χ4n) is 3.97. The molecule has 3 atom stereocenters. The second-order valence-electron chi connectivity index (χ2n) is 7.13. The lowest BCUT2D eigenvalue weighted by atomic mass is 10.1. The molecular formula is C19H25N3O3. The van der Waals surface area contributed by atoms with Crippen molar-refractivity contribution in [3.8, 4) is 0 Å². The van der Waals surface area contributed by atoms with Gasteiger partial charge in [0.15, 0.2) is 0 Å². The average Bonchev–Trinajstić information content (AvgIpc) is 3.22. The largest absolute Gasteiger partial charge is 0.372 e. The van der Waals surface area contributed by atoms with Gasteiger partial charge < -0.3 is 18.9 Å². The van der Waals surface area contributed by atoms with Gasteiger partial charge in [0.1, 0.15) is 12.2 Å². The van der Waals surface area contributed by atoms with Crippen molar-refractivity contribution in [2.24, 2.45) is 0 Å². The lowest BCUT2D eigenvalue weighted by Crippen LogP contribution is -2.49. The minimum Gasteiger partial charge on any atom is -0.372 e. The van der Waals surface area contributed by atoms with E-state index in [2.05, 4.69) is 11.1 Å². The molecule has 6 nitrogen and oxygen atoms in total. The fraction of sp³-hybridized carbons (Fsp3) is 0.579. The van der Waals surface area contributed by atoms with Crippen LogP contribution in [0.5, 0.6) is 0 Å². The van der Waals surface area contributed by atoms with Crippen LogP contribution in [0.15, 0.2) is 24.4 Å². The van der Waals surface area contributed by atoms with Crippen LogP contribution in [0, 0.1) is 0 Å². The van der Waals surface area contributed by atoms with Gasteiger partial charge in [-0.1, -0.05) is 0 Å². The Morgan fingerprint density at radius 2 is 2.12 bits per heavy atom. The van der Waals surface area contributed by atoms with Crippen LogP contribution in [0.3, 0.4) is 0 Å². The van der Waals surface area contributed by atoms with E-state index < -0.39 is 0 Å². The highest BCUT2D eigenvalue weighted by Crippen LogP contribution is 2.32. The maximum absolute atomic E-state index is 12.9. The molecule has 1 amide bonds. The average molecular weight is 343 g/mol. The second-order valence-corrected chi connectivity index (χ2v) is 7.13. The first-order valence-corrected chi connectivity index (χ1v) is 9.11. The number of morpholine rings is 1. The van der Waals surface area contributed by atoms with Crippen LogP contribution in [0.2, 0.25) is 0 Å². The number of hydrogen-bond acceptors (Lipinski definition) is 4. The Balaban J connectivity index is 1.63. The zero-order valence-corrected chi connectivity index (χ0v) is 14.9. The fourth-order valence-corrected chi connectivity index (χ4v) is 3.97. The summed E-state index contributed by atoms with van der Waals surface area (Å²) >= 11 is 0. The summed E-state index contributed by atoms with van der Waals surface area (Å²) in [7, 11) is 0. The van der Waals surface area contributed by atoms with Crippen LogP contribution in [0.1, 0.15) is 38.5 Å². The van der Waals surface area contributed by atoms with E-state index in [0.29, 0.717) is 19.6 Å². The van der Waals surface area contributed by atoms with E-state index in [-0.39, 0.29) is 24.2 Å². The minimum absolute atomic E-state index is 0.0598. The molecule has 2 aromatic rings. The molecule has 0 aromatic carbocycles. The molecule has 0 saturated carbocycles. The third-order valence-corrected chi connectivity index (χ3v) is 5.01. The van der Waals surface area contributed by atoms with Crippen LogP contribution in [-0.2, 0) is 20.8 Å². The molecule has 2 aliphatic heterocycles. The van der Waals surface area contributed by atoms with Crippen molar-refractivity contribution >= 4 is 16.9 Å². The summed E-state index contributed by atoms with van der Waals surface area (Å²) in [6.07, 6.45) is 4.04. The number of carbonyl (C=O) groups is 1. The van der Waals surface area contributed by atoms with Gasteiger partial charge in [-0.05, 0) is 44.9 Å². The minimum atomic E-state index is 0.0598. The molecule has 0 N–H and O–H groups in total. The van der Waals surface area contributed by atoms with Crippen LogP contribution >= 0.6 is 0 Å². The maximum atomic E-state index is 12.9. The van der Waals surface area contributed by atoms with Gasteiger partial charge in [-0.3, -0.25) is 4.79 Å². The summed E-state index contributed by atoms with van der Waals surface area (Å²) in [4.78, 5) is 19.4. The van der Waals surface area contributed by atoms with E-state index in [4.69, 9.17) is 9.47 Å². The summed E-state index contributed by atoms with van der Waals surface area (Å²) < 4.78 is 13.7. The smallest absolute Gasteiger partial charge is 0.242 e. The number of carbonyl (C=O) groups excluding carboxylic acids is 1. The van der Waals surface area contributed by atoms with Gasteiger partial charge in [-0.15, -0.1) is 0 Å². The maximum Gasteiger partial charge on any atom is 0.242 e. The van der Waals surface area contributed by atoms with Crippen molar-refractivity contribution in [2.45, 2.75) is 51.5 Å². The zero-order valence-electron chi connectivity index (χ0n) is 14.9. The standard InChI is InChI=1S/C19H25N3O3/c1-13-10-21(11-14(2)25-13)18(23)12-22-16(17-6-4-8-24-17)9-15-5-3-7-20-19(15)22/h3,5,7,9,13-14,17H,4,6,8,10-12H2,1-2H3/t13?,14?,17-/m1/s1. The Hall–Kier alpha value is -1.92. The SMILES string of the molecule is CC1CN(C(=O)Cn2c([C@H]3CCCO3)cc3cccnc32)CC(C)O1. The van der Waals surface area contributed by atoms with Crippen LogP contribution in [0.25, 0.3) is 11.0 Å². The van der Waals surface area contributed by atoms with Crippen LogP contribution in [0.4, 0.5) is 0 Å². The molecule has 2 fully saturated rings. The predicted octanol–water partition coefficient (Wildman–Crippen LogP) is 2.52. The number of aromatic nitrogens is 2. The summed E-state index contributed by atoms with van der Waals surface area (Å²) in [6, 6.07) is 6.09. The van der Waals surface area contributed by atoms with Crippen molar-refractivity contribution in [1.82, 2.24) is 14.5 Å². The number of nitrogens with zero attached hydrogens (tertiary/aromatic N) is 3. The number of pyridine rings is 1. The van der Waals surface area contributed by atoms with E-state index in [1.54, 1.807) is 6.20 Å². The normalized spacial score (nSPS) is 27.1. The van der Waals surface area contributed by atoms with Crippen molar-refractivity contribution in [2.75, 3.05) is 19.7 Å². The Kier molecular flexibility index (Phi) is 4.48. The Bertz CT molecular complexity index is 756. The highest BCUT2D eigenvalue weighted by atomic mass is 16.5. The topological polar surface area (TPSA) is 56.6 Å². The van der Waals surface area contributed by atoms with Gasteiger partial charge in [0.25, 0.3) is 0 Å². The van der Waals surface area contributed by atoms with Gasteiger partial charge >= 0.3 is 0 Å². The number of hydrogen-bond donors (Lipinski definition) is 0. The third kappa shape index (κ3) is 3.28. The molecule has 2 aliphatic rings. The quantitative estimate of drug-likeness (QED) is 0.859. The summed E-state index contributed by atoms with van der Waals surface area (Å²) in [5.41, 5.74) is 1.92. The number of amides is 1. The van der Waals surface area contributed by atoms with E-state index >= 15 is 0 Å². The van der Waals surface area contributed by atoms with Crippen LogP contribution < -0.4 is 0 Å². The Morgan fingerprint density at radius 1 is 1.32 bits per heavy atom. The third-order valence-electron chi connectivity index (χ3n) is 5.01. The highest BCUT2D eigenvalue weighted by Gasteiger charge is 2.28. The molecule has 134 valence electrons. The van der Waals surface area contributed by atoms with Crippen molar-refractivity contribution in [3.05, 3.63) is 30.1 Å². The van der Waals surface area contributed by atoms with E-state index in [1.807, 2.05) is 35.4 Å². The summed E-state index contributed by atoms with van der Waals surface area (Å²) in [5, 5.41) is 1.06. The molecule has 4 heterocycles. The van der Waals surface area contributed by atoms with Gasteiger partial charge in [0, 0.05) is 37.0 Å². The Morgan fingerprint density at radius 3 is 2.84 bits per heavy atom. The van der Waals surface area contributed by atoms with Gasteiger partial charge in [0.2, 0.25) is 5.91 Å². The van der Waals surface area contributed by atoms with Gasteiger partial charge in [-0.25, -0.2) is 4.98 Å². The predicted molar refractivity (Wildman–Crippen MR) is 94.2 cm³/mol. The van der Waals surface area contributed by atoms with Crippen LogP contribution in [-0.4, -0.2) is 52.3 Å². The lowest BCUT2D eigenvalue weighted by Gasteiger charge is -2.35. The molecule has 2 saturated heterocycles. The zero-order chi connectivity index (χ0) is 17.4. The van der Waals surface area contributed by atoms with E-state index in [0.717, 1.165) is 36.2 Å². The first kappa shape index (κ1) is 16.5. The number of fused-ring (bicyclic) bond motifs is 1. The van der Waals surface area contributed by atoms with Gasteiger partial charge in [-0.2, -0.15) is 0 Å². The summed E-state index contributed by atoms with van der Waals surface area (Å²) in [5.74, 6) is 0.115. The Labute approximate surface area is 147 Å². The molecule has 2 aromatic heterocycles. The second kappa shape index (κ2) is 6.77.